The molecule has 0 saturated carbocycles. The van der Waals surface area contributed by atoms with Crippen molar-refractivity contribution in [1.82, 2.24) is 5.32 Å². The second kappa shape index (κ2) is 5.89. The van der Waals surface area contributed by atoms with Gasteiger partial charge in [-0.05, 0) is 25.1 Å². The Hall–Kier alpha value is -1.26. The Balaban J connectivity index is 2.04. The van der Waals surface area contributed by atoms with Crippen molar-refractivity contribution in [2.24, 2.45) is 0 Å². The summed E-state index contributed by atoms with van der Waals surface area (Å²) in [5, 5.41) is 12.4. The van der Waals surface area contributed by atoms with Gasteiger partial charge in [-0.2, -0.15) is 0 Å². The second-order valence-electron chi connectivity index (χ2n) is 4.09. The van der Waals surface area contributed by atoms with Gasteiger partial charge in [-0.1, -0.05) is 19.1 Å². The minimum Gasteiger partial charge on any atom is -0.486 e. The molecule has 0 bridgehead atoms. The van der Waals surface area contributed by atoms with E-state index < -0.39 is 0 Å². The number of para-hydroxylation sites is 2. The Bertz CT molecular complexity index is 350. The number of ether oxygens (including phenoxy) is 2. The topological polar surface area (TPSA) is 50.7 Å². The first-order valence-corrected chi connectivity index (χ1v) is 6.08. The molecule has 0 unspecified atom stereocenters. The Morgan fingerprint density at radius 2 is 2.18 bits per heavy atom. The third kappa shape index (κ3) is 2.90. The molecule has 94 valence electrons. The molecule has 1 aromatic rings. The lowest BCUT2D eigenvalue weighted by Gasteiger charge is -2.32. The number of aliphatic hydroxyl groups is 1. The molecule has 4 heteroatoms. The van der Waals surface area contributed by atoms with Crippen LogP contribution in [0.1, 0.15) is 13.3 Å². The largest absolute Gasteiger partial charge is 0.486 e. The summed E-state index contributed by atoms with van der Waals surface area (Å²) < 4.78 is 11.6. The summed E-state index contributed by atoms with van der Waals surface area (Å²) in [5.41, 5.74) is 0. The van der Waals surface area contributed by atoms with Crippen LogP contribution in [0.2, 0.25) is 0 Å². The zero-order valence-electron chi connectivity index (χ0n) is 10.1. The summed E-state index contributed by atoms with van der Waals surface area (Å²) in [5.74, 6) is 1.58. The normalized spacial score (nSPS) is 20.0. The van der Waals surface area contributed by atoms with Gasteiger partial charge >= 0.3 is 0 Å². The van der Waals surface area contributed by atoms with Crippen LogP contribution in [-0.4, -0.2) is 37.0 Å². The molecule has 0 radical (unpaired) electrons. The third-order valence-corrected chi connectivity index (χ3v) is 2.89. The number of hydrogen-bond donors (Lipinski definition) is 2. The molecular weight excluding hydrogens is 218 g/mol. The molecule has 4 nitrogen and oxygen atoms in total. The van der Waals surface area contributed by atoms with Crippen molar-refractivity contribution < 1.29 is 14.6 Å². The highest BCUT2D eigenvalue weighted by atomic mass is 16.6. The number of likely N-dealkylation sites (N-methyl/N-ethyl adjacent to an activating group) is 1. The maximum absolute atomic E-state index is 9.05. The van der Waals surface area contributed by atoms with Crippen molar-refractivity contribution in [3.8, 4) is 11.5 Å². The van der Waals surface area contributed by atoms with Crippen molar-refractivity contribution in [3.63, 3.8) is 0 Å². The quantitative estimate of drug-likeness (QED) is 0.807. The molecule has 1 heterocycles. The van der Waals surface area contributed by atoms with E-state index >= 15 is 0 Å². The number of benzene rings is 1. The zero-order chi connectivity index (χ0) is 12.1. The van der Waals surface area contributed by atoms with Crippen LogP contribution in [0.3, 0.4) is 0 Å². The van der Waals surface area contributed by atoms with Gasteiger partial charge in [0.05, 0.1) is 0 Å². The highest BCUT2D eigenvalue weighted by Crippen LogP contribution is 2.31. The van der Waals surface area contributed by atoms with Gasteiger partial charge in [0.1, 0.15) is 12.7 Å². The summed E-state index contributed by atoms with van der Waals surface area (Å²) in [6.45, 7) is 3.57. The van der Waals surface area contributed by atoms with E-state index in [1.807, 2.05) is 31.2 Å². The van der Waals surface area contributed by atoms with Crippen molar-refractivity contribution in [2.45, 2.75) is 25.5 Å². The lowest BCUT2D eigenvalue weighted by molar-refractivity contribution is 0.0545. The van der Waals surface area contributed by atoms with Gasteiger partial charge < -0.3 is 19.9 Å². The standard InChI is InChI=1S/C13H19NO3/c1-2-14-10(7-8-15)13-9-16-11-5-3-4-6-12(11)17-13/h3-6,10,13-15H,2,7-9H2,1H3/t10-,13+/m0/s1. The van der Waals surface area contributed by atoms with E-state index in [1.54, 1.807) is 0 Å². The minimum absolute atomic E-state index is 0.0444. The summed E-state index contributed by atoms with van der Waals surface area (Å²) in [6, 6.07) is 7.79. The van der Waals surface area contributed by atoms with Gasteiger partial charge in [0.2, 0.25) is 0 Å². The molecule has 0 saturated heterocycles. The Morgan fingerprint density at radius 1 is 1.41 bits per heavy atom. The van der Waals surface area contributed by atoms with E-state index in [4.69, 9.17) is 14.6 Å². The van der Waals surface area contributed by atoms with Crippen LogP contribution in [0.15, 0.2) is 24.3 Å². The molecule has 0 fully saturated rings. The fourth-order valence-electron chi connectivity index (χ4n) is 2.05. The van der Waals surface area contributed by atoms with Crippen LogP contribution < -0.4 is 14.8 Å². The van der Waals surface area contributed by atoms with Gasteiger partial charge in [-0.3, -0.25) is 0 Å². The van der Waals surface area contributed by atoms with E-state index in [-0.39, 0.29) is 18.8 Å². The first kappa shape index (κ1) is 12.2. The summed E-state index contributed by atoms with van der Waals surface area (Å²) in [6.07, 6.45) is 0.626. The van der Waals surface area contributed by atoms with Crippen LogP contribution in [0.4, 0.5) is 0 Å². The number of rotatable bonds is 5. The Kier molecular flexibility index (Phi) is 4.23. The Morgan fingerprint density at radius 3 is 2.88 bits per heavy atom. The lowest BCUT2D eigenvalue weighted by Crippen LogP contribution is -2.48. The molecule has 0 aliphatic carbocycles. The van der Waals surface area contributed by atoms with E-state index in [2.05, 4.69) is 5.32 Å². The van der Waals surface area contributed by atoms with Crippen molar-refractivity contribution in [3.05, 3.63) is 24.3 Å². The molecule has 1 aromatic carbocycles. The van der Waals surface area contributed by atoms with Gasteiger partial charge in [0, 0.05) is 12.6 Å². The molecule has 2 N–H and O–H groups in total. The maximum atomic E-state index is 9.05. The number of aliphatic hydroxyl groups excluding tert-OH is 1. The molecule has 17 heavy (non-hydrogen) atoms. The monoisotopic (exact) mass is 237 g/mol. The third-order valence-electron chi connectivity index (χ3n) is 2.89. The molecular formula is C13H19NO3. The van der Waals surface area contributed by atoms with Crippen molar-refractivity contribution in [2.75, 3.05) is 19.8 Å². The molecule has 2 rings (SSSR count). The average Bonchev–Trinajstić information content (AvgIpc) is 2.38. The molecule has 0 spiro atoms. The van der Waals surface area contributed by atoms with E-state index in [0.29, 0.717) is 13.0 Å². The fraction of sp³-hybridized carbons (Fsp3) is 0.538. The van der Waals surface area contributed by atoms with Crippen LogP contribution in [0.5, 0.6) is 11.5 Å². The summed E-state index contributed by atoms with van der Waals surface area (Å²) in [7, 11) is 0. The first-order chi connectivity index (χ1) is 8.35. The molecule has 0 aromatic heterocycles. The van der Waals surface area contributed by atoms with Gasteiger partial charge in [-0.15, -0.1) is 0 Å². The predicted octanol–water partition coefficient (Wildman–Crippen LogP) is 1.19. The maximum Gasteiger partial charge on any atom is 0.161 e. The van der Waals surface area contributed by atoms with Crippen LogP contribution >= 0.6 is 0 Å². The molecule has 2 atom stereocenters. The van der Waals surface area contributed by atoms with Gasteiger partial charge in [-0.25, -0.2) is 0 Å². The van der Waals surface area contributed by atoms with Gasteiger partial charge in [0.15, 0.2) is 11.5 Å². The van der Waals surface area contributed by atoms with Crippen LogP contribution in [-0.2, 0) is 0 Å². The zero-order valence-corrected chi connectivity index (χ0v) is 10.1. The molecule has 1 aliphatic heterocycles. The lowest BCUT2D eigenvalue weighted by atomic mass is 10.1. The van der Waals surface area contributed by atoms with E-state index in [0.717, 1.165) is 18.0 Å². The first-order valence-electron chi connectivity index (χ1n) is 6.08. The van der Waals surface area contributed by atoms with Crippen LogP contribution in [0.25, 0.3) is 0 Å². The summed E-state index contributed by atoms with van der Waals surface area (Å²) >= 11 is 0. The van der Waals surface area contributed by atoms with E-state index in [1.165, 1.54) is 0 Å². The predicted molar refractivity (Wildman–Crippen MR) is 65.5 cm³/mol. The van der Waals surface area contributed by atoms with Crippen molar-refractivity contribution in [1.29, 1.82) is 0 Å². The number of hydrogen-bond acceptors (Lipinski definition) is 4. The van der Waals surface area contributed by atoms with Gasteiger partial charge in [0.25, 0.3) is 0 Å². The SMILES string of the molecule is CCN[C@@H](CCO)[C@H]1COc2ccccc2O1. The van der Waals surface area contributed by atoms with E-state index in [9.17, 15) is 0 Å². The highest BCUT2D eigenvalue weighted by Gasteiger charge is 2.27. The van der Waals surface area contributed by atoms with Crippen LogP contribution in [0, 0.1) is 0 Å². The number of nitrogens with one attached hydrogen (secondary N) is 1. The minimum atomic E-state index is -0.0444. The molecule has 0 amide bonds. The Labute approximate surface area is 102 Å². The van der Waals surface area contributed by atoms with Crippen molar-refractivity contribution >= 4 is 0 Å². The second-order valence-corrected chi connectivity index (χ2v) is 4.09. The fourth-order valence-corrected chi connectivity index (χ4v) is 2.05. The average molecular weight is 237 g/mol. The number of fused-ring (bicyclic) bond motifs is 1. The highest BCUT2D eigenvalue weighted by molar-refractivity contribution is 5.40. The summed E-state index contributed by atoms with van der Waals surface area (Å²) in [4.78, 5) is 0. The smallest absolute Gasteiger partial charge is 0.161 e. The molecule has 1 aliphatic rings.